The maximum Gasteiger partial charge on any atom is 0.309 e. The third-order valence-corrected chi connectivity index (χ3v) is 11.5. The molecule has 0 bridgehead atoms. The van der Waals surface area contributed by atoms with Gasteiger partial charge >= 0.3 is 5.97 Å². The van der Waals surface area contributed by atoms with E-state index in [1.807, 2.05) is 65.0 Å². The molecule has 0 saturated carbocycles. The Kier molecular flexibility index (Phi) is 18.1. The molecule has 0 aliphatic carbocycles. The number of nitrogens with zero attached hydrogens (tertiary/aromatic N) is 2. The van der Waals surface area contributed by atoms with Crippen molar-refractivity contribution in [3.8, 4) is 0 Å². The number of ketones is 2. The number of benzene rings is 1. The van der Waals surface area contributed by atoms with Gasteiger partial charge in [-0.2, -0.15) is 0 Å². The summed E-state index contributed by atoms with van der Waals surface area (Å²) in [6.07, 6.45) is 1.53. The van der Waals surface area contributed by atoms with E-state index in [4.69, 9.17) is 14.2 Å². The van der Waals surface area contributed by atoms with E-state index in [1.54, 1.807) is 45.0 Å². The number of likely N-dealkylation sites (tertiary alicyclic amines) is 1. The van der Waals surface area contributed by atoms with Crippen LogP contribution in [0.4, 0.5) is 0 Å². The predicted molar refractivity (Wildman–Crippen MR) is 202 cm³/mol. The lowest BCUT2D eigenvalue weighted by Crippen LogP contribution is -2.54. The van der Waals surface area contributed by atoms with E-state index in [0.717, 1.165) is 18.4 Å². The van der Waals surface area contributed by atoms with Crippen LogP contribution in [0, 0.1) is 29.6 Å². The van der Waals surface area contributed by atoms with Gasteiger partial charge in [-0.25, -0.2) is 0 Å². The molecule has 8 atom stereocenters. The van der Waals surface area contributed by atoms with Gasteiger partial charge in [-0.15, -0.1) is 0 Å². The van der Waals surface area contributed by atoms with Crippen molar-refractivity contribution in [3.05, 3.63) is 35.9 Å². The van der Waals surface area contributed by atoms with E-state index in [-0.39, 0.29) is 60.5 Å². The van der Waals surface area contributed by atoms with Gasteiger partial charge in [0.1, 0.15) is 5.78 Å². The number of hydrogen-bond acceptors (Lipinski definition) is 9. The number of rotatable bonds is 22. The Hall–Kier alpha value is -3.15. The Morgan fingerprint density at radius 2 is 1.60 bits per heavy atom. The van der Waals surface area contributed by atoms with Crippen LogP contribution >= 0.6 is 0 Å². The van der Waals surface area contributed by atoms with Gasteiger partial charge in [0.25, 0.3) is 0 Å². The van der Waals surface area contributed by atoms with E-state index in [1.165, 1.54) is 7.11 Å². The number of carbonyl (C=O) groups is 5. The van der Waals surface area contributed by atoms with Gasteiger partial charge < -0.3 is 29.3 Å². The van der Waals surface area contributed by atoms with E-state index >= 15 is 0 Å². The summed E-state index contributed by atoms with van der Waals surface area (Å²) < 4.78 is 17.0. The van der Waals surface area contributed by atoms with Crippen LogP contribution in [0.25, 0.3) is 0 Å². The van der Waals surface area contributed by atoms with Crippen LogP contribution in [0.1, 0.15) is 92.6 Å². The van der Waals surface area contributed by atoms with Crippen LogP contribution in [0.15, 0.2) is 30.3 Å². The topological polar surface area (TPSA) is 132 Å². The molecule has 294 valence electrons. The van der Waals surface area contributed by atoms with Crippen molar-refractivity contribution >= 4 is 29.4 Å². The quantitative estimate of drug-likeness (QED) is 0.162. The van der Waals surface area contributed by atoms with Crippen molar-refractivity contribution in [1.82, 2.24) is 15.1 Å². The maximum absolute atomic E-state index is 14.2. The Labute approximate surface area is 312 Å². The normalized spacial score (nSPS) is 18.9. The summed E-state index contributed by atoms with van der Waals surface area (Å²) in [5, 5.41) is 3.05. The van der Waals surface area contributed by atoms with Gasteiger partial charge in [0.2, 0.25) is 11.8 Å². The Morgan fingerprint density at radius 1 is 0.962 bits per heavy atom. The van der Waals surface area contributed by atoms with Crippen LogP contribution in [0.2, 0.25) is 0 Å². The predicted octanol–water partition coefficient (Wildman–Crippen LogP) is 5.13. The molecule has 1 saturated heterocycles. The van der Waals surface area contributed by atoms with Crippen LogP contribution in [-0.2, 0) is 44.6 Å². The zero-order valence-corrected chi connectivity index (χ0v) is 33.9. The minimum Gasteiger partial charge on any atom is -0.469 e. The monoisotopic (exact) mass is 729 g/mol. The molecule has 2 rings (SSSR count). The van der Waals surface area contributed by atoms with Gasteiger partial charge in [-0.05, 0) is 57.6 Å². The van der Waals surface area contributed by atoms with Crippen LogP contribution in [-0.4, -0.2) is 111 Å². The second-order valence-corrected chi connectivity index (χ2v) is 15.5. The summed E-state index contributed by atoms with van der Waals surface area (Å²) in [6.45, 7) is 14.0. The lowest BCUT2D eigenvalue weighted by molar-refractivity contribution is -0.150. The minimum absolute atomic E-state index is 0.00125. The van der Waals surface area contributed by atoms with E-state index in [0.29, 0.717) is 19.4 Å². The molecular weight excluding hydrogens is 662 g/mol. The smallest absolute Gasteiger partial charge is 0.309 e. The molecule has 11 heteroatoms. The summed E-state index contributed by atoms with van der Waals surface area (Å²) in [4.78, 5) is 71.5. The molecule has 1 fully saturated rings. The molecule has 1 aromatic rings. The Bertz CT molecular complexity index is 1320. The number of nitrogens with one attached hydrogen (secondary N) is 1. The molecule has 1 N–H and O–H groups in total. The maximum atomic E-state index is 14.2. The van der Waals surface area contributed by atoms with Crippen molar-refractivity contribution in [1.29, 1.82) is 0 Å². The van der Waals surface area contributed by atoms with Gasteiger partial charge in [-0.3, -0.25) is 24.0 Å². The van der Waals surface area contributed by atoms with E-state index in [2.05, 4.69) is 12.2 Å². The van der Waals surface area contributed by atoms with Crippen molar-refractivity contribution in [2.24, 2.45) is 29.6 Å². The molecule has 0 spiro atoms. The standard InChI is InChI=1S/C41H67N3O8/c1-13-27(4)37(43(9)39(48)31(26(2)3)24-35(46)41(6,7)42-8)34(50-10)25-36(47)44-21-17-20-32(44)38(51-11)28(5)33(45)23-30(40(49)52-12)22-29-18-15-14-16-19-29/h14-16,18-19,26-28,30-32,34,37-38,42H,13,17,20-25H2,1-12H3/t27-,28-,30+,31-,32-,34+,37-,38+/m0/s1. The highest BCUT2D eigenvalue weighted by molar-refractivity contribution is 5.92. The summed E-state index contributed by atoms with van der Waals surface area (Å²) in [5.74, 6) is -2.68. The third kappa shape index (κ3) is 11.7. The van der Waals surface area contributed by atoms with Crippen molar-refractivity contribution in [3.63, 3.8) is 0 Å². The number of esters is 1. The fraction of sp³-hybridized carbons (Fsp3) is 0.732. The first-order valence-electron chi connectivity index (χ1n) is 19.0. The summed E-state index contributed by atoms with van der Waals surface area (Å²) in [5.41, 5.74) is 0.180. The second kappa shape index (κ2) is 20.9. The van der Waals surface area contributed by atoms with Gasteiger partial charge in [0.05, 0.1) is 49.3 Å². The second-order valence-electron chi connectivity index (χ2n) is 15.5. The van der Waals surface area contributed by atoms with Crippen molar-refractivity contribution in [2.45, 2.75) is 123 Å². The zero-order valence-electron chi connectivity index (χ0n) is 33.9. The van der Waals surface area contributed by atoms with Crippen molar-refractivity contribution in [2.75, 3.05) is 42.0 Å². The number of hydrogen-bond donors (Lipinski definition) is 1. The molecule has 0 aromatic heterocycles. The van der Waals surface area contributed by atoms with Crippen LogP contribution < -0.4 is 5.32 Å². The largest absolute Gasteiger partial charge is 0.469 e. The molecule has 1 aliphatic rings. The Balaban J connectivity index is 2.28. The number of methoxy groups -OCH3 is 3. The minimum atomic E-state index is -0.761. The molecule has 0 unspecified atom stereocenters. The molecule has 1 aliphatic heterocycles. The number of likely N-dealkylation sites (N-methyl/N-ethyl adjacent to an activating group) is 2. The van der Waals surface area contributed by atoms with Crippen molar-refractivity contribution < 1.29 is 38.2 Å². The van der Waals surface area contributed by atoms with Gasteiger partial charge in [-0.1, -0.05) is 71.4 Å². The van der Waals surface area contributed by atoms with Gasteiger partial charge in [0.15, 0.2) is 5.78 Å². The first kappa shape index (κ1) is 45.0. The average Bonchev–Trinajstić information content (AvgIpc) is 3.62. The molecule has 1 aromatic carbocycles. The third-order valence-electron chi connectivity index (χ3n) is 11.5. The Morgan fingerprint density at radius 3 is 2.12 bits per heavy atom. The van der Waals surface area contributed by atoms with E-state index in [9.17, 15) is 24.0 Å². The summed E-state index contributed by atoms with van der Waals surface area (Å²) in [6, 6.07) is 8.78. The fourth-order valence-corrected chi connectivity index (χ4v) is 7.54. The molecule has 2 amide bonds. The number of carbonyl (C=O) groups excluding carboxylic acids is 5. The lowest BCUT2D eigenvalue weighted by Gasteiger charge is -2.41. The summed E-state index contributed by atoms with van der Waals surface area (Å²) in [7, 11) is 7.95. The number of amides is 2. The molecule has 11 nitrogen and oxygen atoms in total. The lowest BCUT2D eigenvalue weighted by atomic mass is 9.83. The molecule has 1 heterocycles. The van der Waals surface area contributed by atoms with Crippen LogP contribution in [0.3, 0.4) is 0 Å². The SMILES string of the molecule is CC[C@H](C)[C@@H]([C@@H](CC(=O)N1CCC[C@H]1[C@H](OC)[C@@H](C)C(=O)C[C@@H](Cc1ccccc1)C(=O)OC)OC)N(C)C(=O)[C@@H](CC(=O)C(C)(C)NC)C(C)C. The highest BCUT2D eigenvalue weighted by Gasteiger charge is 2.43. The molecular formula is C41H67N3O8. The first-order valence-corrected chi connectivity index (χ1v) is 19.0. The molecule has 0 radical (unpaired) electrons. The molecule has 52 heavy (non-hydrogen) atoms. The summed E-state index contributed by atoms with van der Waals surface area (Å²) >= 11 is 0. The number of ether oxygens (including phenoxy) is 3. The number of Topliss-reactive ketones (excluding diaryl/α,β-unsaturated/α-hetero) is 2. The van der Waals surface area contributed by atoms with Crippen LogP contribution in [0.5, 0.6) is 0 Å². The highest BCUT2D eigenvalue weighted by Crippen LogP contribution is 2.32. The van der Waals surface area contributed by atoms with E-state index < -0.39 is 47.5 Å². The zero-order chi connectivity index (χ0) is 39.3. The first-order chi connectivity index (χ1) is 24.5. The van der Waals surface area contributed by atoms with Gasteiger partial charge in [0, 0.05) is 52.5 Å². The fourth-order valence-electron chi connectivity index (χ4n) is 7.54. The highest BCUT2D eigenvalue weighted by atomic mass is 16.5. The average molecular weight is 730 g/mol.